The number of rotatable bonds is 4. The lowest BCUT2D eigenvalue weighted by Gasteiger charge is -2.00. The number of aryl methyl sites for hydroxylation is 1. The minimum absolute atomic E-state index is 0.323. The fourth-order valence-electron chi connectivity index (χ4n) is 1.26. The summed E-state index contributed by atoms with van der Waals surface area (Å²) in [4.78, 5) is 11.8. The number of alkyl halides is 1. The van der Waals surface area contributed by atoms with Gasteiger partial charge in [-0.2, -0.15) is 0 Å². The minimum atomic E-state index is -0.373. The molecular formula is C11H9BrFN3OS. The smallest absolute Gasteiger partial charge is 0.257 e. The van der Waals surface area contributed by atoms with Crippen LogP contribution in [0, 0.1) is 5.82 Å². The first-order chi connectivity index (χ1) is 8.69. The Bertz CT molecular complexity index is 543. The summed E-state index contributed by atoms with van der Waals surface area (Å²) >= 11 is 4.63. The Morgan fingerprint density at radius 1 is 1.33 bits per heavy atom. The van der Waals surface area contributed by atoms with Gasteiger partial charge in [-0.1, -0.05) is 27.3 Å². The number of aromatic nitrogens is 2. The van der Waals surface area contributed by atoms with Crippen molar-refractivity contribution in [2.75, 3.05) is 10.6 Å². The number of hydrogen-bond acceptors (Lipinski definition) is 4. The summed E-state index contributed by atoms with van der Waals surface area (Å²) in [6, 6.07) is 5.33. The van der Waals surface area contributed by atoms with Crippen molar-refractivity contribution in [3.8, 4) is 0 Å². The van der Waals surface area contributed by atoms with E-state index in [1.54, 1.807) is 0 Å². The highest BCUT2D eigenvalue weighted by molar-refractivity contribution is 9.09. The van der Waals surface area contributed by atoms with Crippen LogP contribution in [0.25, 0.3) is 0 Å². The third kappa shape index (κ3) is 3.33. The molecule has 94 valence electrons. The van der Waals surface area contributed by atoms with Crippen molar-refractivity contribution in [1.29, 1.82) is 0 Å². The van der Waals surface area contributed by atoms with Crippen LogP contribution in [-0.2, 0) is 6.42 Å². The van der Waals surface area contributed by atoms with E-state index in [1.807, 2.05) is 0 Å². The lowest BCUT2D eigenvalue weighted by Crippen LogP contribution is -2.11. The molecule has 0 radical (unpaired) electrons. The second-order valence-corrected chi connectivity index (χ2v) is 5.26. The van der Waals surface area contributed by atoms with Crippen LogP contribution in [-0.4, -0.2) is 21.4 Å². The molecule has 0 atom stereocenters. The van der Waals surface area contributed by atoms with Crippen LogP contribution in [0.2, 0.25) is 0 Å². The third-order valence-electron chi connectivity index (χ3n) is 2.10. The van der Waals surface area contributed by atoms with Crippen molar-refractivity contribution in [1.82, 2.24) is 10.2 Å². The molecule has 2 aromatic rings. The predicted molar refractivity (Wildman–Crippen MR) is 71.8 cm³/mol. The lowest BCUT2D eigenvalue weighted by atomic mass is 10.2. The summed E-state index contributed by atoms with van der Waals surface area (Å²) in [5.41, 5.74) is 0.383. The molecule has 0 bridgehead atoms. The van der Waals surface area contributed by atoms with Gasteiger partial charge in [0, 0.05) is 17.3 Å². The molecule has 0 aliphatic rings. The average Bonchev–Trinajstić information content (AvgIpc) is 2.78. The Kier molecular flexibility index (Phi) is 4.38. The maximum absolute atomic E-state index is 12.7. The molecule has 0 saturated carbocycles. The van der Waals surface area contributed by atoms with Crippen molar-refractivity contribution in [2.45, 2.75) is 6.42 Å². The molecule has 1 N–H and O–H groups in total. The van der Waals surface area contributed by atoms with Gasteiger partial charge in [0.25, 0.3) is 5.91 Å². The molecule has 18 heavy (non-hydrogen) atoms. The monoisotopic (exact) mass is 329 g/mol. The normalized spacial score (nSPS) is 10.3. The second kappa shape index (κ2) is 6.01. The molecule has 1 amide bonds. The molecule has 0 aliphatic heterocycles. The van der Waals surface area contributed by atoms with Crippen LogP contribution < -0.4 is 5.32 Å². The zero-order valence-electron chi connectivity index (χ0n) is 9.19. The summed E-state index contributed by atoms with van der Waals surface area (Å²) in [5, 5.41) is 12.5. The van der Waals surface area contributed by atoms with E-state index < -0.39 is 0 Å². The molecule has 0 aliphatic carbocycles. The molecule has 1 aromatic heterocycles. The molecule has 0 saturated heterocycles. The van der Waals surface area contributed by atoms with Gasteiger partial charge in [0.2, 0.25) is 5.13 Å². The molecular weight excluding hydrogens is 321 g/mol. The number of nitrogens with zero attached hydrogens (tertiary/aromatic N) is 2. The van der Waals surface area contributed by atoms with E-state index in [9.17, 15) is 9.18 Å². The van der Waals surface area contributed by atoms with Crippen LogP contribution in [0.3, 0.4) is 0 Å². The number of hydrogen-bond donors (Lipinski definition) is 1. The lowest BCUT2D eigenvalue weighted by molar-refractivity contribution is 0.102. The highest BCUT2D eigenvalue weighted by Crippen LogP contribution is 2.17. The quantitative estimate of drug-likeness (QED) is 0.877. The van der Waals surface area contributed by atoms with Crippen molar-refractivity contribution >= 4 is 38.3 Å². The van der Waals surface area contributed by atoms with Gasteiger partial charge < -0.3 is 0 Å². The van der Waals surface area contributed by atoms with Gasteiger partial charge in [-0.25, -0.2) is 4.39 Å². The van der Waals surface area contributed by atoms with E-state index in [1.165, 1.54) is 35.6 Å². The van der Waals surface area contributed by atoms with Gasteiger partial charge in [0.1, 0.15) is 10.8 Å². The Labute approximate surface area is 115 Å². The second-order valence-electron chi connectivity index (χ2n) is 3.40. The van der Waals surface area contributed by atoms with Crippen molar-refractivity contribution in [3.63, 3.8) is 0 Å². The van der Waals surface area contributed by atoms with Crippen molar-refractivity contribution in [3.05, 3.63) is 40.7 Å². The van der Waals surface area contributed by atoms with Crippen molar-refractivity contribution in [2.24, 2.45) is 0 Å². The first-order valence-corrected chi connectivity index (χ1v) is 7.08. The molecule has 0 unspecified atom stereocenters. The number of nitrogens with one attached hydrogen (secondary N) is 1. The largest absolute Gasteiger partial charge is 0.296 e. The summed E-state index contributed by atoms with van der Waals surface area (Å²) in [6.45, 7) is 0. The Balaban J connectivity index is 2.04. The fourth-order valence-corrected chi connectivity index (χ4v) is 2.63. The fraction of sp³-hybridized carbons (Fsp3) is 0.182. The molecule has 7 heteroatoms. The van der Waals surface area contributed by atoms with Gasteiger partial charge in [0.15, 0.2) is 0 Å². The van der Waals surface area contributed by atoms with E-state index in [4.69, 9.17) is 0 Å². The van der Waals surface area contributed by atoms with Crippen LogP contribution in [0.15, 0.2) is 24.3 Å². The topological polar surface area (TPSA) is 54.9 Å². The maximum Gasteiger partial charge on any atom is 0.257 e. The Morgan fingerprint density at radius 2 is 2.06 bits per heavy atom. The van der Waals surface area contributed by atoms with Crippen LogP contribution in [0.4, 0.5) is 9.52 Å². The van der Waals surface area contributed by atoms with Gasteiger partial charge in [-0.3, -0.25) is 10.1 Å². The first kappa shape index (κ1) is 13.1. The highest BCUT2D eigenvalue weighted by Gasteiger charge is 2.09. The van der Waals surface area contributed by atoms with Gasteiger partial charge in [-0.05, 0) is 24.3 Å². The SMILES string of the molecule is O=C(Nc1nnc(CCBr)s1)c1ccc(F)cc1. The van der Waals surface area contributed by atoms with Gasteiger partial charge >= 0.3 is 0 Å². The number of carbonyl (C=O) groups is 1. The van der Waals surface area contributed by atoms with E-state index in [-0.39, 0.29) is 11.7 Å². The number of anilines is 1. The summed E-state index contributed by atoms with van der Waals surface area (Å²) in [6.07, 6.45) is 0.768. The molecule has 2 rings (SSSR count). The van der Waals surface area contributed by atoms with E-state index in [0.717, 1.165) is 16.8 Å². The van der Waals surface area contributed by atoms with E-state index in [0.29, 0.717) is 10.7 Å². The maximum atomic E-state index is 12.7. The van der Waals surface area contributed by atoms with Gasteiger partial charge in [0.05, 0.1) is 0 Å². The first-order valence-electron chi connectivity index (χ1n) is 5.14. The van der Waals surface area contributed by atoms with Crippen molar-refractivity contribution < 1.29 is 9.18 Å². The zero-order chi connectivity index (χ0) is 13.0. The number of amides is 1. The van der Waals surface area contributed by atoms with Crippen LogP contribution in [0.5, 0.6) is 0 Å². The Hall–Kier alpha value is -1.34. The zero-order valence-corrected chi connectivity index (χ0v) is 11.6. The van der Waals surface area contributed by atoms with E-state index >= 15 is 0 Å². The summed E-state index contributed by atoms with van der Waals surface area (Å²) in [7, 11) is 0. The van der Waals surface area contributed by atoms with Gasteiger partial charge in [-0.15, -0.1) is 10.2 Å². The molecule has 0 spiro atoms. The number of benzene rings is 1. The number of carbonyl (C=O) groups excluding carboxylic acids is 1. The Morgan fingerprint density at radius 3 is 2.72 bits per heavy atom. The number of halogens is 2. The highest BCUT2D eigenvalue weighted by atomic mass is 79.9. The average molecular weight is 330 g/mol. The molecule has 4 nitrogen and oxygen atoms in total. The standard InChI is InChI=1S/C11H9BrFN3OS/c12-6-5-9-15-16-11(18-9)14-10(17)7-1-3-8(13)4-2-7/h1-4H,5-6H2,(H,14,16,17). The predicted octanol–water partition coefficient (Wildman–Crippen LogP) is 2.87. The summed E-state index contributed by atoms with van der Waals surface area (Å²) < 4.78 is 12.7. The van der Waals surface area contributed by atoms with Crippen LogP contribution >= 0.6 is 27.3 Å². The molecule has 1 heterocycles. The minimum Gasteiger partial charge on any atom is -0.296 e. The molecule has 1 aromatic carbocycles. The summed E-state index contributed by atoms with van der Waals surface area (Å²) in [5.74, 6) is -0.696. The molecule has 0 fully saturated rings. The van der Waals surface area contributed by atoms with E-state index in [2.05, 4.69) is 31.4 Å². The van der Waals surface area contributed by atoms with Crippen LogP contribution in [0.1, 0.15) is 15.4 Å². The third-order valence-corrected chi connectivity index (χ3v) is 3.40.